The topological polar surface area (TPSA) is 66.7 Å². The molecule has 2 aromatic heterocycles. The van der Waals surface area contributed by atoms with Gasteiger partial charge in [-0.3, -0.25) is 14.0 Å². The summed E-state index contributed by atoms with van der Waals surface area (Å²) in [7, 11) is 0. The monoisotopic (exact) mass is 376 g/mol. The first-order valence-corrected chi connectivity index (χ1v) is 9.72. The van der Waals surface area contributed by atoms with Gasteiger partial charge >= 0.3 is 0 Å². The van der Waals surface area contributed by atoms with E-state index in [1.807, 2.05) is 53.4 Å². The minimum atomic E-state index is -0.279. The van der Waals surface area contributed by atoms with Gasteiger partial charge in [0, 0.05) is 25.8 Å². The Morgan fingerprint density at radius 3 is 2.54 bits per heavy atom. The van der Waals surface area contributed by atoms with Crippen LogP contribution in [0.15, 0.2) is 54.7 Å². The van der Waals surface area contributed by atoms with Crippen molar-refractivity contribution in [2.45, 2.75) is 26.3 Å². The van der Waals surface area contributed by atoms with Crippen LogP contribution in [-0.4, -0.2) is 39.2 Å². The Morgan fingerprint density at radius 1 is 1.07 bits per heavy atom. The quantitative estimate of drug-likeness (QED) is 0.761. The predicted octanol–water partition coefficient (Wildman–Crippen LogP) is 3.14. The molecule has 6 heteroatoms. The van der Waals surface area contributed by atoms with Crippen molar-refractivity contribution in [3.8, 4) is 0 Å². The van der Waals surface area contributed by atoms with Gasteiger partial charge in [-0.1, -0.05) is 43.3 Å². The number of piperidine rings is 1. The van der Waals surface area contributed by atoms with Gasteiger partial charge in [-0.15, -0.1) is 0 Å². The zero-order valence-corrected chi connectivity index (χ0v) is 16.0. The van der Waals surface area contributed by atoms with E-state index in [9.17, 15) is 9.59 Å². The van der Waals surface area contributed by atoms with Crippen molar-refractivity contribution in [2.24, 2.45) is 5.92 Å². The number of nitrogens with one attached hydrogen (secondary N) is 1. The van der Waals surface area contributed by atoms with Crippen molar-refractivity contribution in [2.75, 3.05) is 13.1 Å². The first kappa shape index (κ1) is 18.2. The lowest BCUT2D eigenvalue weighted by Crippen LogP contribution is -2.38. The summed E-state index contributed by atoms with van der Waals surface area (Å²) in [6.45, 7) is 4.09. The molecule has 1 fully saturated rings. The number of amides is 2. The Kier molecular flexibility index (Phi) is 5.10. The van der Waals surface area contributed by atoms with Gasteiger partial charge in [0.1, 0.15) is 0 Å². The molecule has 3 aromatic rings. The third kappa shape index (κ3) is 3.63. The molecule has 1 saturated heterocycles. The maximum Gasteiger partial charge on any atom is 0.290 e. The molecule has 28 heavy (non-hydrogen) atoms. The van der Waals surface area contributed by atoms with Gasteiger partial charge in [0.25, 0.3) is 11.8 Å². The first-order chi connectivity index (χ1) is 13.6. The highest BCUT2D eigenvalue weighted by atomic mass is 16.2. The molecule has 0 radical (unpaired) electrons. The number of hydrogen-bond donors (Lipinski definition) is 1. The fourth-order valence-electron chi connectivity index (χ4n) is 3.57. The molecule has 0 saturated carbocycles. The number of aromatic nitrogens is 2. The second kappa shape index (κ2) is 7.84. The van der Waals surface area contributed by atoms with E-state index in [4.69, 9.17) is 0 Å². The Balaban J connectivity index is 1.59. The summed E-state index contributed by atoms with van der Waals surface area (Å²) >= 11 is 0. The van der Waals surface area contributed by atoms with E-state index in [1.165, 1.54) is 0 Å². The maximum atomic E-state index is 13.0. The molecule has 0 atom stereocenters. The van der Waals surface area contributed by atoms with E-state index >= 15 is 0 Å². The van der Waals surface area contributed by atoms with Crippen LogP contribution in [-0.2, 0) is 6.54 Å². The molecule has 0 bridgehead atoms. The Hall–Kier alpha value is -3.15. The Morgan fingerprint density at radius 2 is 1.79 bits per heavy atom. The number of carbonyl (C=O) groups excluding carboxylic acids is 2. The molecule has 0 aliphatic carbocycles. The van der Waals surface area contributed by atoms with E-state index in [-0.39, 0.29) is 17.5 Å². The number of likely N-dealkylation sites (tertiary alicyclic amines) is 1. The normalized spacial score (nSPS) is 15.0. The molecular formula is C22H24N4O2. The summed E-state index contributed by atoms with van der Waals surface area (Å²) in [5.41, 5.74) is 1.94. The predicted molar refractivity (Wildman–Crippen MR) is 107 cm³/mol. The lowest BCUT2D eigenvalue weighted by molar-refractivity contribution is 0.0684. The van der Waals surface area contributed by atoms with Crippen LogP contribution in [0.2, 0.25) is 0 Å². The summed E-state index contributed by atoms with van der Waals surface area (Å²) in [5.74, 6) is 0.546. The van der Waals surface area contributed by atoms with Crippen LogP contribution in [0.4, 0.5) is 0 Å². The molecule has 0 unspecified atom stereocenters. The Labute approximate surface area is 164 Å². The van der Waals surface area contributed by atoms with Crippen molar-refractivity contribution in [3.05, 3.63) is 71.8 Å². The van der Waals surface area contributed by atoms with Crippen LogP contribution in [0.25, 0.3) is 5.52 Å². The van der Waals surface area contributed by atoms with E-state index in [1.54, 1.807) is 10.6 Å². The molecule has 1 aliphatic heterocycles. The summed E-state index contributed by atoms with van der Waals surface area (Å²) in [6, 6.07) is 15.2. The van der Waals surface area contributed by atoms with Gasteiger partial charge < -0.3 is 10.2 Å². The van der Waals surface area contributed by atoms with E-state index in [0.29, 0.717) is 23.8 Å². The smallest absolute Gasteiger partial charge is 0.290 e. The van der Waals surface area contributed by atoms with Gasteiger partial charge in [-0.2, -0.15) is 0 Å². The minimum Gasteiger partial charge on any atom is -0.347 e. The average Bonchev–Trinajstić information content (AvgIpc) is 3.13. The summed E-state index contributed by atoms with van der Waals surface area (Å²) in [4.78, 5) is 32.1. The molecule has 4 rings (SSSR count). The Bertz CT molecular complexity index is 988. The zero-order valence-electron chi connectivity index (χ0n) is 16.0. The molecule has 0 spiro atoms. The lowest BCUT2D eigenvalue weighted by Gasteiger charge is -2.29. The van der Waals surface area contributed by atoms with Crippen LogP contribution in [0.5, 0.6) is 0 Å². The van der Waals surface area contributed by atoms with Gasteiger partial charge in [-0.05, 0) is 36.5 Å². The van der Waals surface area contributed by atoms with Crippen LogP contribution in [0, 0.1) is 5.92 Å². The number of imidazole rings is 1. The van der Waals surface area contributed by atoms with Crippen molar-refractivity contribution in [1.82, 2.24) is 19.6 Å². The van der Waals surface area contributed by atoms with Crippen LogP contribution >= 0.6 is 0 Å². The molecule has 1 aromatic carbocycles. The van der Waals surface area contributed by atoms with Gasteiger partial charge in [-0.25, -0.2) is 4.98 Å². The first-order valence-electron chi connectivity index (χ1n) is 9.72. The molecular weight excluding hydrogens is 352 g/mol. The molecule has 2 amide bonds. The van der Waals surface area contributed by atoms with Crippen molar-refractivity contribution in [3.63, 3.8) is 0 Å². The van der Waals surface area contributed by atoms with Crippen molar-refractivity contribution >= 4 is 17.3 Å². The SMILES string of the molecule is CC1CCN(C(=O)c2nc(C(=O)NCc3ccccc3)c3ccccn23)CC1. The van der Waals surface area contributed by atoms with Gasteiger partial charge in [0.05, 0.1) is 5.52 Å². The van der Waals surface area contributed by atoms with E-state index in [2.05, 4.69) is 17.2 Å². The average molecular weight is 376 g/mol. The lowest BCUT2D eigenvalue weighted by atomic mass is 9.99. The second-order valence-electron chi connectivity index (χ2n) is 7.38. The maximum absolute atomic E-state index is 13.0. The number of pyridine rings is 1. The molecule has 6 nitrogen and oxygen atoms in total. The minimum absolute atomic E-state index is 0.116. The highest BCUT2D eigenvalue weighted by molar-refractivity contribution is 6.02. The molecule has 144 valence electrons. The molecule has 3 heterocycles. The highest BCUT2D eigenvalue weighted by Crippen LogP contribution is 2.20. The summed E-state index contributed by atoms with van der Waals surface area (Å²) in [5, 5.41) is 2.91. The number of rotatable bonds is 4. The van der Waals surface area contributed by atoms with E-state index in [0.717, 1.165) is 31.5 Å². The number of hydrogen-bond acceptors (Lipinski definition) is 3. The van der Waals surface area contributed by atoms with Gasteiger partial charge in [0.2, 0.25) is 5.82 Å². The van der Waals surface area contributed by atoms with E-state index < -0.39 is 0 Å². The highest BCUT2D eigenvalue weighted by Gasteiger charge is 2.27. The largest absolute Gasteiger partial charge is 0.347 e. The third-order valence-electron chi connectivity index (χ3n) is 5.32. The number of benzene rings is 1. The summed E-state index contributed by atoms with van der Waals surface area (Å²) in [6.07, 6.45) is 3.79. The third-order valence-corrected chi connectivity index (χ3v) is 5.32. The molecule has 1 aliphatic rings. The number of nitrogens with zero attached hydrogens (tertiary/aromatic N) is 3. The zero-order chi connectivity index (χ0) is 19.5. The summed E-state index contributed by atoms with van der Waals surface area (Å²) < 4.78 is 1.72. The standard InChI is InChI=1S/C22H24N4O2/c1-16-10-13-25(14-11-16)22(28)20-24-19(18-9-5-6-12-26(18)20)21(27)23-15-17-7-3-2-4-8-17/h2-9,12,16H,10-11,13-15H2,1H3,(H,23,27). The van der Waals surface area contributed by atoms with Gasteiger partial charge in [0.15, 0.2) is 5.69 Å². The fourth-order valence-corrected chi connectivity index (χ4v) is 3.57. The van der Waals surface area contributed by atoms with Crippen molar-refractivity contribution < 1.29 is 9.59 Å². The second-order valence-corrected chi connectivity index (χ2v) is 7.38. The fraction of sp³-hybridized carbons (Fsp3) is 0.318. The van der Waals surface area contributed by atoms with Crippen LogP contribution < -0.4 is 5.32 Å². The van der Waals surface area contributed by atoms with Crippen LogP contribution in [0.1, 0.15) is 46.4 Å². The number of carbonyl (C=O) groups is 2. The van der Waals surface area contributed by atoms with Crippen LogP contribution in [0.3, 0.4) is 0 Å². The number of fused-ring (bicyclic) bond motifs is 1. The molecule has 1 N–H and O–H groups in total. The van der Waals surface area contributed by atoms with Crippen molar-refractivity contribution in [1.29, 1.82) is 0 Å².